The Kier molecular flexibility index (Phi) is 51.9. The molecule has 0 aliphatic heterocycles. The summed E-state index contributed by atoms with van der Waals surface area (Å²) in [6.45, 7) is 6.34. The van der Waals surface area contributed by atoms with Crippen molar-refractivity contribution in [1.82, 2.24) is 0 Å². The molecule has 0 fully saturated rings. The third-order valence-electron chi connectivity index (χ3n) is 11.6. The number of allylic oxidation sites excluding steroid dienone is 15. The van der Waals surface area contributed by atoms with E-state index in [0.29, 0.717) is 12.8 Å². The molecule has 0 rings (SSSR count). The third kappa shape index (κ3) is 53.2. The van der Waals surface area contributed by atoms with E-state index < -0.39 is 12.1 Å². The number of esters is 3. The summed E-state index contributed by atoms with van der Waals surface area (Å²) in [5, 5.41) is 0. The number of unbranched alkanes of at least 4 members (excludes halogenated alkanes) is 23. The summed E-state index contributed by atoms with van der Waals surface area (Å²) in [4.78, 5) is 37.6. The highest BCUT2D eigenvalue weighted by Gasteiger charge is 2.19. The van der Waals surface area contributed by atoms with Gasteiger partial charge in [0.2, 0.25) is 0 Å². The molecule has 0 amide bonds. The maximum Gasteiger partial charge on any atom is 0.310 e. The molecule has 0 radical (unpaired) electrons. The van der Waals surface area contributed by atoms with Gasteiger partial charge in [-0.15, -0.1) is 0 Å². The molecule has 1 atom stereocenters. The van der Waals surface area contributed by atoms with Crippen molar-refractivity contribution in [3.05, 3.63) is 97.2 Å². The molecule has 0 spiro atoms. The minimum absolute atomic E-state index is 0.0961. The molecule has 0 heterocycles. The van der Waals surface area contributed by atoms with Crippen molar-refractivity contribution in [2.45, 2.75) is 258 Å². The van der Waals surface area contributed by atoms with Gasteiger partial charge in [-0.05, 0) is 83.5 Å². The van der Waals surface area contributed by atoms with Gasteiger partial charge in [-0.1, -0.05) is 246 Å². The minimum Gasteiger partial charge on any atom is -0.462 e. The monoisotopic (exact) mass is 931 g/mol. The van der Waals surface area contributed by atoms with Gasteiger partial charge in [0.25, 0.3) is 0 Å². The fourth-order valence-corrected chi connectivity index (χ4v) is 7.47. The molecule has 1 unspecified atom stereocenters. The molecule has 0 saturated carbocycles. The first kappa shape index (κ1) is 63.3. The number of rotatable bonds is 49. The second-order valence-electron chi connectivity index (χ2n) is 18.1. The van der Waals surface area contributed by atoms with Gasteiger partial charge in [-0.2, -0.15) is 0 Å². The summed E-state index contributed by atoms with van der Waals surface area (Å²) in [5.41, 5.74) is 0. The van der Waals surface area contributed by atoms with Gasteiger partial charge >= 0.3 is 17.9 Å². The van der Waals surface area contributed by atoms with Gasteiger partial charge in [0.1, 0.15) is 13.2 Å². The summed E-state index contributed by atoms with van der Waals surface area (Å²) in [6.07, 6.45) is 73.4. The number of carbonyl (C=O) groups excluding carboxylic acids is 3. The highest BCUT2D eigenvalue weighted by molar-refractivity contribution is 5.72. The smallest absolute Gasteiger partial charge is 0.310 e. The topological polar surface area (TPSA) is 78.9 Å². The first-order valence-corrected chi connectivity index (χ1v) is 27.7. The van der Waals surface area contributed by atoms with Crippen LogP contribution < -0.4 is 0 Å². The first-order valence-electron chi connectivity index (χ1n) is 27.7. The van der Waals surface area contributed by atoms with Gasteiger partial charge < -0.3 is 14.2 Å². The lowest BCUT2D eigenvalue weighted by Gasteiger charge is -2.18. The lowest BCUT2D eigenvalue weighted by atomic mass is 10.0. The van der Waals surface area contributed by atoms with Crippen LogP contribution in [0.2, 0.25) is 0 Å². The first-order chi connectivity index (χ1) is 33.0. The van der Waals surface area contributed by atoms with E-state index in [9.17, 15) is 14.4 Å². The second-order valence-corrected chi connectivity index (χ2v) is 18.1. The van der Waals surface area contributed by atoms with Crippen LogP contribution in [-0.2, 0) is 28.6 Å². The summed E-state index contributed by atoms with van der Waals surface area (Å²) >= 11 is 0. The Bertz CT molecular complexity index is 1350. The summed E-state index contributed by atoms with van der Waals surface area (Å²) < 4.78 is 16.6. The molecule has 0 bridgehead atoms. The minimum atomic E-state index is -0.828. The lowest BCUT2D eigenvalue weighted by molar-refractivity contribution is -0.166. The number of hydrogen-bond donors (Lipinski definition) is 0. The molecule has 0 aromatic rings. The molecule has 0 aromatic carbocycles. The average molecular weight is 931 g/mol. The van der Waals surface area contributed by atoms with Crippen molar-refractivity contribution in [3.63, 3.8) is 0 Å². The predicted octanol–water partition coefficient (Wildman–Crippen LogP) is 18.5. The fourth-order valence-electron chi connectivity index (χ4n) is 7.47. The van der Waals surface area contributed by atoms with Crippen molar-refractivity contribution >= 4 is 17.9 Å². The van der Waals surface area contributed by atoms with Crippen molar-refractivity contribution in [2.24, 2.45) is 0 Å². The summed E-state index contributed by atoms with van der Waals surface area (Å²) in [5.74, 6) is -1.06. The van der Waals surface area contributed by atoms with Gasteiger partial charge in [0.05, 0.1) is 6.42 Å². The van der Waals surface area contributed by atoms with Crippen LogP contribution in [0.15, 0.2) is 97.2 Å². The predicted molar refractivity (Wildman–Crippen MR) is 288 cm³/mol. The van der Waals surface area contributed by atoms with E-state index >= 15 is 0 Å². The quantitative estimate of drug-likeness (QED) is 0.0262. The Morgan fingerprint density at radius 3 is 0.985 bits per heavy atom. The third-order valence-corrected chi connectivity index (χ3v) is 11.6. The molecule has 0 saturated heterocycles. The second kappa shape index (κ2) is 54.9. The zero-order valence-electron chi connectivity index (χ0n) is 43.6. The molecular formula is C61H102O6. The van der Waals surface area contributed by atoms with Gasteiger partial charge in [0, 0.05) is 12.8 Å². The molecular weight excluding hydrogens is 829 g/mol. The molecule has 0 aliphatic carbocycles. The Morgan fingerprint density at radius 1 is 0.328 bits per heavy atom. The van der Waals surface area contributed by atoms with E-state index in [0.717, 1.165) is 96.3 Å². The lowest BCUT2D eigenvalue weighted by Crippen LogP contribution is -2.30. The molecule has 0 N–H and O–H groups in total. The van der Waals surface area contributed by atoms with E-state index in [1.165, 1.54) is 116 Å². The van der Waals surface area contributed by atoms with Crippen LogP contribution in [0.3, 0.4) is 0 Å². The largest absolute Gasteiger partial charge is 0.462 e. The van der Waals surface area contributed by atoms with Crippen molar-refractivity contribution in [3.8, 4) is 0 Å². The maximum absolute atomic E-state index is 12.7. The molecule has 0 aliphatic rings. The number of hydrogen-bond acceptors (Lipinski definition) is 6. The van der Waals surface area contributed by atoms with Crippen molar-refractivity contribution < 1.29 is 28.6 Å². The molecule has 6 nitrogen and oxygen atoms in total. The van der Waals surface area contributed by atoms with Gasteiger partial charge in [-0.3, -0.25) is 14.4 Å². The SMILES string of the molecule is CC/C=C\C/C=C\C/C=C\C/C=C\C/C=C\CC(=O)OC(COC(=O)CCCCCCC)COC(=O)CCCCCCCCCCCCCCCC/C=C\C/C=C\C/C=C\CCCCCCC. The Balaban J connectivity index is 4.10. The van der Waals surface area contributed by atoms with Crippen molar-refractivity contribution in [2.75, 3.05) is 13.2 Å². The Hall–Kier alpha value is -3.67. The van der Waals surface area contributed by atoms with E-state index in [-0.39, 0.29) is 31.6 Å². The highest BCUT2D eigenvalue weighted by atomic mass is 16.6. The highest BCUT2D eigenvalue weighted by Crippen LogP contribution is 2.15. The van der Waals surface area contributed by atoms with Crippen LogP contribution in [0.5, 0.6) is 0 Å². The normalized spacial score (nSPS) is 12.8. The van der Waals surface area contributed by atoms with Crippen LogP contribution in [0, 0.1) is 0 Å². The average Bonchev–Trinajstić information content (AvgIpc) is 3.33. The van der Waals surface area contributed by atoms with E-state index in [4.69, 9.17) is 14.2 Å². The van der Waals surface area contributed by atoms with E-state index in [2.05, 4.69) is 106 Å². The summed E-state index contributed by atoms with van der Waals surface area (Å²) in [6, 6.07) is 0. The van der Waals surface area contributed by atoms with Gasteiger partial charge in [-0.25, -0.2) is 0 Å². The number of ether oxygens (including phenoxy) is 3. The van der Waals surface area contributed by atoms with Crippen LogP contribution >= 0.6 is 0 Å². The molecule has 6 heteroatoms. The van der Waals surface area contributed by atoms with E-state index in [1.54, 1.807) is 6.08 Å². The van der Waals surface area contributed by atoms with Crippen LogP contribution in [0.25, 0.3) is 0 Å². The maximum atomic E-state index is 12.7. The Labute approximate surface area is 413 Å². The zero-order valence-corrected chi connectivity index (χ0v) is 43.6. The fraction of sp³-hybridized carbons (Fsp3) is 0.689. The standard InChI is InChI=1S/C61H102O6/c1-4-7-10-13-15-17-19-21-23-24-25-26-27-28-29-30-31-32-33-34-35-36-38-39-41-43-45-48-51-54-60(63)66-57-58(56-65-59(62)53-50-47-12-9-6-3)67-61(64)55-52-49-46-44-42-40-37-22-20-18-16-14-11-8-5-2/h8,11,16,18-19,21-22,24-25,27-28,37,42,44,49,52,58H,4-7,9-10,12-15,17,20,23,26,29-36,38-41,43,45-48,50-51,53-57H2,1-3H3/b11-8-,18-16-,21-19-,25-24-,28-27-,37-22-,44-42-,52-49-. The van der Waals surface area contributed by atoms with Crippen LogP contribution in [-0.4, -0.2) is 37.2 Å². The van der Waals surface area contributed by atoms with Crippen LogP contribution in [0.1, 0.15) is 252 Å². The molecule has 67 heavy (non-hydrogen) atoms. The zero-order chi connectivity index (χ0) is 48.6. The molecule has 382 valence electrons. The molecule has 0 aromatic heterocycles. The summed E-state index contributed by atoms with van der Waals surface area (Å²) in [7, 11) is 0. The van der Waals surface area contributed by atoms with Crippen molar-refractivity contribution in [1.29, 1.82) is 0 Å². The van der Waals surface area contributed by atoms with E-state index in [1.807, 2.05) is 6.08 Å². The van der Waals surface area contributed by atoms with Crippen LogP contribution in [0.4, 0.5) is 0 Å². The van der Waals surface area contributed by atoms with Gasteiger partial charge in [0.15, 0.2) is 6.10 Å². The Morgan fingerprint density at radius 2 is 0.627 bits per heavy atom. The number of carbonyl (C=O) groups is 3.